The fraction of sp³-hybridized carbons (Fsp3) is 0.143. The van der Waals surface area contributed by atoms with Crippen LogP contribution >= 0.6 is 0 Å². The van der Waals surface area contributed by atoms with Gasteiger partial charge in [0.25, 0.3) is 15.9 Å². The second-order valence-corrected chi connectivity index (χ2v) is 8.17. The van der Waals surface area contributed by atoms with Gasteiger partial charge in [0.15, 0.2) is 0 Å². The van der Waals surface area contributed by atoms with E-state index in [9.17, 15) is 13.2 Å². The van der Waals surface area contributed by atoms with Gasteiger partial charge in [-0.25, -0.2) is 8.42 Å². The van der Waals surface area contributed by atoms with Crippen molar-refractivity contribution in [2.24, 2.45) is 0 Å². The van der Waals surface area contributed by atoms with Crippen LogP contribution in [0.2, 0.25) is 0 Å². The maximum Gasteiger partial charge on any atom is 0.261 e. The van der Waals surface area contributed by atoms with Gasteiger partial charge in [-0.05, 0) is 67.4 Å². The highest BCUT2D eigenvalue weighted by Gasteiger charge is 2.16. The highest BCUT2D eigenvalue weighted by Crippen LogP contribution is 2.21. The van der Waals surface area contributed by atoms with Gasteiger partial charge in [-0.1, -0.05) is 17.7 Å². The summed E-state index contributed by atoms with van der Waals surface area (Å²) in [5.41, 5.74) is 3.49. The van der Waals surface area contributed by atoms with Crippen LogP contribution < -0.4 is 10.0 Å². The van der Waals surface area contributed by atoms with Gasteiger partial charge in [0.05, 0.1) is 10.6 Å². The number of pyridine rings is 1. The van der Waals surface area contributed by atoms with E-state index in [1.807, 2.05) is 19.1 Å². The summed E-state index contributed by atoms with van der Waals surface area (Å²) in [6.07, 6.45) is 3.33. The van der Waals surface area contributed by atoms with Crippen molar-refractivity contribution in [2.75, 3.05) is 4.72 Å². The van der Waals surface area contributed by atoms with Gasteiger partial charge in [0.1, 0.15) is 0 Å². The second-order valence-electron chi connectivity index (χ2n) is 6.49. The minimum atomic E-state index is -3.69. The predicted octanol–water partition coefficient (Wildman–Crippen LogP) is 3.43. The molecule has 3 rings (SSSR count). The van der Waals surface area contributed by atoms with Crippen LogP contribution in [-0.2, 0) is 16.6 Å². The number of nitrogens with zero attached hydrogens (tertiary/aromatic N) is 1. The van der Waals surface area contributed by atoms with Crippen LogP contribution in [0.3, 0.4) is 0 Å². The van der Waals surface area contributed by atoms with Crippen molar-refractivity contribution < 1.29 is 13.2 Å². The first-order valence-electron chi connectivity index (χ1n) is 8.72. The lowest BCUT2D eigenvalue weighted by atomic mass is 10.1. The van der Waals surface area contributed by atoms with Crippen molar-refractivity contribution in [1.82, 2.24) is 10.3 Å². The summed E-state index contributed by atoms with van der Waals surface area (Å²) in [6.45, 7) is 4.04. The van der Waals surface area contributed by atoms with E-state index < -0.39 is 10.0 Å². The topological polar surface area (TPSA) is 88.2 Å². The largest absolute Gasteiger partial charge is 0.348 e. The van der Waals surface area contributed by atoms with E-state index in [0.717, 1.165) is 11.1 Å². The van der Waals surface area contributed by atoms with Crippen molar-refractivity contribution in [3.8, 4) is 0 Å². The molecule has 0 atom stereocenters. The van der Waals surface area contributed by atoms with Crippen LogP contribution in [-0.4, -0.2) is 19.3 Å². The molecular formula is C21H21N3O3S. The van der Waals surface area contributed by atoms with Crippen molar-refractivity contribution >= 4 is 21.6 Å². The molecule has 0 aliphatic heterocycles. The lowest BCUT2D eigenvalue weighted by molar-refractivity contribution is 0.0951. The molecule has 0 aliphatic rings. The third-order valence-electron chi connectivity index (χ3n) is 4.27. The zero-order valence-electron chi connectivity index (χ0n) is 15.6. The zero-order chi connectivity index (χ0) is 20.1. The van der Waals surface area contributed by atoms with E-state index in [2.05, 4.69) is 15.0 Å². The summed E-state index contributed by atoms with van der Waals surface area (Å²) in [4.78, 5) is 16.5. The van der Waals surface area contributed by atoms with E-state index in [1.165, 1.54) is 0 Å². The van der Waals surface area contributed by atoms with Crippen molar-refractivity contribution in [3.63, 3.8) is 0 Å². The molecule has 1 aromatic heterocycles. The van der Waals surface area contributed by atoms with E-state index in [1.54, 1.807) is 61.8 Å². The van der Waals surface area contributed by atoms with Crippen LogP contribution in [0.5, 0.6) is 0 Å². The van der Waals surface area contributed by atoms with Crippen LogP contribution in [0.4, 0.5) is 5.69 Å². The highest BCUT2D eigenvalue weighted by molar-refractivity contribution is 7.92. The maximum atomic E-state index is 12.5. The Morgan fingerprint density at radius 1 is 0.964 bits per heavy atom. The van der Waals surface area contributed by atoms with Crippen molar-refractivity contribution in [2.45, 2.75) is 25.3 Å². The minimum absolute atomic E-state index is 0.191. The third-order valence-corrected chi connectivity index (χ3v) is 5.65. The lowest BCUT2D eigenvalue weighted by Gasteiger charge is -2.12. The van der Waals surface area contributed by atoms with E-state index >= 15 is 0 Å². The van der Waals surface area contributed by atoms with Gasteiger partial charge in [-0.3, -0.25) is 14.5 Å². The number of hydrogen-bond acceptors (Lipinski definition) is 4. The average molecular weight is 395 g/mol. The van der Waals surface area contributed by atoms with Gasteiger partial charge in [-0.2, -0.15) is 0 Å². The van der Waals surface area contributed by atoms with E-state index in [-0.39, 0.29) is 10.8 Å². The van der Waals surface area contributed by atoms with Crippen LogP contribution in [0.25, 0.3) is 0 Å². The molecule has 7 heteroatoms. The molecule has 0 bridgehead atoms. The number of benzene rings is 2. The summed E-state index contributed by atoms with van der Waals surface area (Å²) in [7, 11) is -3.69. The number of carbonyl (C=O) groups excluding carboxylic acids is 1. The molecule has 2 aromatic carbocycles. The number of nitrogens with one attached hydrogen (secondary N) is 2. The molecule has 0 saturated carbocycles. The molecule has 0 aliphatic carbocycles. The molecule has 0 saturated heterocycles. The molecule has 0 spiro atoms. The van der Waals surface area contributed by atoms with Gasteiger partial charge < -0.3 is 5.32 Å². The molecular weight excluding hydrogens is 374 g/mol. The number of rotatable bonds is 6. The number of sulfonamides is 1. The predicted molar refractivity (Wildman–Crippen MR) is 109 cm³/mol. The molecule has 1 heterocycles. The Hall–Kier alpha value is -3.19. The average Bonchev–Trinajstić information content (AvgIpc) is 2.68. The van der Waals surface area contributed by atoms with Crippen molar-refractivity contribution in [1.29, 1.82) is 0 Å². The normalized spacial score (nSPS) is 11.1. The number of aromatic nitrogens is 1. The summed E-state index contributed by atoms with van der Waals surface area (Å²) in [6, 6.07) is 15.1. The molecule has 0 radical (unpaired) electrons. The molecule has 0 unspecified atom stereocenters. The summed E-state index contributed by atoms with van der Waals surface area (Å²) < 4.78 is 27.7. The van der Waals surface area contributed by atoms with Crippen LogP contribution in [0, 0.1) is 13.8 Å². The number of carbonyl (C=O) groups is 1. The molecule has 28 heavy (non-hydrogen) atoms. The van der Waals surface area contributed by atoms with Crippen LogP contribution in [0.1, 0.15) is 27.0 Å². The molecule has 1 amide bonds. The number of amides is 1. The first kappa shape index (κ1) is 19.6. The minimum Gasteiger partial charge on any atom is -0.348 e. The van der Waals surface area contributed by atoms with Gasteiger partial charge in [-0.15, -0.1) is 0 Å². The highest BCUT2D eigenvalue weighted by atomic mass is 32.2. The second kappa shape index (κ2) is 8.22. The number of hydrogen-bond donors (Lipinski definition) is 2. The Morgan fingerprint density at radius 2 is 1.64 bits per heavy atom. The van der Waals surface area contributed by atoms with Gasteiger partial charge >= 0.3 is 0 Å². The van der Waals surface area contributed by atoms with Crippen molar-refractivity contribution in [3.05, 3.63) is 89.2 Å². The Kier molecular flexibility index (Phi) is 5.75. The fourth-order valence-electron chi connectivity index (χ4n) is 2.63. The Morgan fingerprint density at radius 3 is 2.29 bits per heavy atom. The Balaban J connectivity index is 1.71. The molecule has 3 aromatic rings. The first-order valence-corrected chi connectivity index (χ1v) is 10.2. The van der Waals surface area contributed by atoms with E-state index in [0.29, 0.717) is 23.4 Å². The smallest absolute Gasteiger partial charge is 0.261 e. The summed E-state index contributed by atoms with van der Waals surface area (Å²) in [5, 5.41) is 2.84. The molecule has 0 fully saturated rings. The monoisotopic (exact) mass is 395 g/mol. The van der Waals surface area contributed by atoms with E-state index in [4.69, 9.17) is 0 Å². The Labute approximate surface area is 164 Å². The van der Waals surface area contributed by atoms with Gasteiger partial charge in [0.2, 0.25) is 0 Å². The summed E-state index contributed by atoms with van der Waals surface area (Å²) >= 11 is 0. The quantitative estimate of drug-likeness (QED) is 0.669. The fourth-order valence-corrected chi connectivity index (χ4v) is 3.76. The molecule has 2 N–H and O–H groups in total. The lowest BCUT2D eigenvalue weighted by Crippen LogP contribution is -2.23. The number of aryl methyl sites for hydroxylation is 2. The molecule has 144 valence electrons. The van der Waals surface area contributed by atoms with Gasteiger partial charge in [0, 0.05) is 24.5 Å². The Bertz CT molecular complexity index is 1080. The zero-order valence-corrected chi connectivity index (χ0v) is 16.5. The third kappa shape index (κ3) is 4.75. The standard InChI is InChI=1S/C21H21N3O3S/c1-15-3-6-19(7-4-15)28(26,27)24-20-8-5-18(13-16(20)2)21(25)23-14-17-9-11-22-12-10-17/h3-13,24H,14H2,1-2H3,(H,23,25). The molecule has 6 nitrogen and oxygen atoms in total. The number of anilines is 1. The van der Waals surface area contributed by atoms with Crippen LogP contribution in [0.15, 0.2) is 71.9 Å². The summed E-state index contributed by atoms with van der Waals surface area (Å²) in [5.74, 6) is -0.229. The first-order chi connectivity index (χ1) is 13.3. The SMILES string of the molecule is Cc1ccc(S(=O)(=O)Nc2ccc(C(=O)NCc3ccncc3)cc2C)cc1. The maximum absolute atomic E-state index is 12.5.